The van der Waals surface area contributed by atoms with E-state index in [2.05, 4.69) is 31.9 Å². The van der Waals surface area contributed by atoms with E-state index < -0.39 is 12.3 Å². The molecule has 0 heterocycles. The molecule has 78 valence electrons. The molecule has 1 aromatic rings. The van der Waals surface area contributed by atoms with Gasteiger partial charge in [-0.05, 0) is 24.1 Å². The fourth-order valence-electron chi connectivity index (χ4n) is 1.29. The van der Waals surface area contributed by atoms with Crippen LogP contribution in [0.15, 0.2) is 28.7 Å². The van der Waals surface area contributed by atoms with Gasteiger partial charge in [-0.1, -0.05) is 44.0 Å². The van der Waals surface area contributed by atoms with Crippen molar-refractivity contribution in [3.05, 3.63) is 34.3 Å². The number of benzene rings is 1. The molecule has 1 rings (SSSR count). The summed E-state index contributed by atoms with van der Waals surface area (Å²) in [4.78, 5) is 0. The summed E-state index contributed by atoms with van der Waals surface area (Å²) in [5.41, 5.74) is 0.689. The van der Waals surface area contributed by atoms with E-state index in [0.717, 1.165) is 4.47 Å². The second-order valence-electron chi connectivity index (χ2n) is 2.97. The monoisotopic (exact) mass is 326 g/mol. The second-order valence-corrected chi connectivity index (χ2v) is 4.68. The quantitative estimate of drug-likeness (QED) is 0.710. The Hall–Kier alpha value is 0.0400. The SMILES string of the molecule is FC(F)C(CCBr)c1cccc(Br)c1. The summed E-state index contributed by atoms with van der Waals surface area (Å²) in [6.07, 6.45) is -1.85. The Kier molecular flexibility index (Phi) is 5.02. The summed E-state index contributed by atoms with van der Waals surface area (Å²) >= 11 is 6.46. The van der Waals surface area contributed by atoms with Gasteiger partial charge < -0.3 is 0 Å². The highest BCUT2D eigenvalue weighted by Gasteiger charge is 2.21. The first-order valence-electron chi connectivity index (χ1n) is 4.24. The maximum Gasteiger partial charge on any atom is 0.245 e. The van der Waals surface area contributed by atoms with Gasteiger partial charge in [0, 0.05) is 15.7 Å². The van der Waals surface area contributed by atoms with E-state index >= 15 is 0 Å². The van der Waals surface area contributed by atoms with E-state index in [1.165, 1.54) is 0 Å². The van der Waals surface area contributed by atoms with E-state index in [9.17, 15) is 8.78 Å². The Morgan fingerprint density at radius 1 is 1.29 bits per heavy atom. The maximum atomic E-state index is 12.7. The van der Waals surface area contributed by atoms with Crippen molar-refractivity contribution < 1.29 is 8.78 Å². The molecule has 0 nitrogen and oxygen atoms in total. The van der Waals surface area contributed by atoms with Gasteiger partial charge in [0.15, 0.2) is 0 Å². The Bertz CT molecular complexity index is 289. The van der Waals surface area contributed by atoms with Crippen LogP contribution < -0.4 is 0 Å². The van der Waals surface area contributed by atoms with Gasteiger partial charge in [-0.2, -0.15) is 0 Å². The lowest BCUT2D eigenvalue weighted by Crippen LogP contribution is -2.09. The average molecular weight is 328 g/mol. The molecule has 0 N–H and O–H groups in total. The van der Waals surface area contributed by atoms with E-state index in [4.69, 9.17) is 0 Å². The fourth-order valence-corrected chi connectivity index (χ4v) is 2.20. The van der Waals surface area contributed by atoms with E-state index in [-0.39, 0.29) is 0 Å². The predicted octanol–water partition coefficient (Wildman–Crippen LogP) is 4.58. The topological polar surface area (TPSA) is 0 Å². The molecule has 1 aromatic carbocycles. The molecule has 0 radical (unpaired) electrons. The third-order valence-corrected chi connectivity index (χ3v) is 2.95. The van der Waals surface area contributed by atoms with Crippen LogP contribution >= 0.6 is 31.9 Å². The van der Waals surface area contributed by atoms with Crippen LogP contribution in [0.2, 0.25) is 0 Å². The third kappa shape index (κ3) is 3.31. The molecule has 0 aliphatic carbocycles. The first-order chi connectivity index (χ1) is 6.65. The zero-order valence-electron chi connectivity index (χ0n) is 7.39. The van der Waals surface area contributed by atoms with Gasteiger partial charge in [0.1, 0.15) is 0 Å². The molecule has 0 fully saturated rings. The normalized spacial score (nSPS) is 13.2. The van der Waals surface area contributed by atoms with Crippen LogP contribution in [-0.4, -0.2) is 11.8 Å². The van der Waals surface area contributed by atoms with Crippen LogP contribution in [0.5, 0.6) is 0 Å². The number of rotatable bonds is 4. The second kappa shape index (κ2) is 5.81. The molecule has 0 spiro atoms. The molecule has 0 saturated carbocycles. The highest BCUT2D eigenvalue weighted by atomic mass is 79.9. The molecule has 0 saturated heterocycles. The van der Waals surface area contributed by atoms with Gasteiger partial charge in [0.2, 0.25) is 6.43 Å². The van der Waals surface area contributed by atoms with Crippen molar-refractivity contribution in [3.63, 3.8) is 0 Å². The van der Waals surface area contributed by atoms with Gasteiger partial charge >= 0.3 is 0 Å². The lowest BCUT2D eigenvalue weighted by atomic mass is 9.97. The molecule has 4 heteroatoms. The van der Waals surface area contributed by atoms with Gasteiger partial charge in [-0.15, -0.1) is 0 Å². The first kappa shape index (κ1) is 12.1. The standard InChI is InChI=1S/C10H10Br2F2/c11-5-4-9(10(13)14)7-2-1-3-8(12)6-7/h1-3,6,9-10H,4-5H2. The number of hydrogen-bond acceptors (Lipinski definition) is 0. The first-order valence-corrected chi connectivity index (χ1v) is 6.16. The molecule has 1 atom stereocenters. The van der Waals surface area contributed by atoms with Crippen LogP contribution in [0.3, 0.4) is 0 Å². The van der Waals surface area contributed by atoms with Gasteiger partial charge in [0.05, 0.1) is 0 Å². The molecule has 14 heavy (non-hydrogen) atoms. The minimum atomic E-state index is -2.30. The van der Waals surface area contributed by atoms with Crippen LogP contribution in [0.25, 0.3) is 0 Å². The zero-order chi connectivity index (χ0) is 10.6. The molecule has 1 unspecified atom stereocenters. The van der Waals surface area contributed by atoms with Crippen molar-refractivity contribution in [1.82, 2.24) is 0 Å². The van der Waals surface area contributed by atoms with Crippen LogP contribution in [0.1, 0.15) is 17.9 Å². The smallest absolute Gasteiger partial charge is 0.210 e. The minimum Gasteiger partial charge on any atom is -0.210 e. The van der Waals surface area contributed by atoms with Crippen molar-refractivity contribution in [1.29, 1.82) is 0 Å². The number of hydrogen-bond donors (Lipinski definition) is 0. The molecule has 0 bridgehead atoms. The Morgan fingerprint density at radius 3 is 2.50 bits per heavy atom. The van der Waals surface area contributed by atoms with E-state index in [0.29, 0.717) is 17.3 Å². The number of alkyl halides is 3. The van der Waals surface area contributed by atoms with Gasteiger partial charge in [0.25, 0.3) is 0 Å². The lowest BCUT2D eigenvalue weighted by Gasteiger charge is -2.15. The fraction of sp³-hybridized carbons (Fsp3) is 0.400. The highest BCUT2D eigenvalue weighted by Crippen LogP contribution is 2.29. The third-order valence-electron chi connectivity index (χ3n) is 2.00. The molecular weight excluding hydrogens is 318 g/mol. The molecule has 0 aliphatic heterocycles. The zero-order valence-corrected chi connectivity index (χ0v) is 10.6. The summed E-state index contributed by atoms with van der Waals surface area (Å²) in [5.74, 6) is -0.674. The Labute approximate surface area is 99.0 Å². The molecule has 0 aromatic heterocycles. The largest absolute Gasteiger partial charge is 0.245 e. The summed E-state index contributed by atoms with van der Waals surface area (Å²) in [6, 6.07) is 7.10. The highest BCUT2D eigenvalue weighted by molar-refractivity contribution is 9.10. The molecule has 0 aliphatic rings. The lowest BCUT2D eigenvalue weighted by molar-refractivity contribution is 0.112. The summed E-state index contributed by atoms with van der Waals surface area (Å²) < 4.78 is 26.2. The Balaban J connectivity index is 2.87. The minimum absolute atomic E-state index is 0.453. The summed E-state index contributed by atoms with van der Waals surface area (Å²) in [7, 11) is 0. The van der Waals surface area contributed by atoms with Gasteiger partial charge in [-0.3, -0.25) is 0 Å². The van der Waals surface area contributed by atoms with Crippen molar-refractivity contribution in [2.75, 3.05) is 5.33 Å². The molecule has 0 amide bonds. The van der Waals surface area contributed by atoms with E-state index in [1.54, 1.807) is 18.2 Å². The van der Waals surface area contributed by atoms with Crippen LogP contribution in [0, 0.1) is 0 Å². The van der Waals surface area contributed by atoms with Crippen molar-refractivity contribution in [2.45, 2.75) is 18.8 Å². The Morgan fingerprint density at radius 2 is 2.00 bits per heavy atom. The van der Waals surface area contributed by atoms with Crippen molar-refractivity contribution in [2.24, 2.45) is 0 Å². The van der Waals surface area contributed by atoms with Crippen molar-refractivity contribution >= 4 is 31.9 Å². The van der Waals surface area contributed by atoms with Crippen LogP contribution in [-0.2, 0) is 0 Å². The summed E-state index contributed by atoms with van der Waals surface area (Å²) in [6.45, 7) is 0. The number of halogens is 4. The van der Waals surface area contributed by atoms with E-state index in [1.807, 2.05) is 6.07 Å². The maximum absolute atomic E-state index is 12.7. The average Bonchev–Trinajstić information content (AvgIpc) is 2.13. The van der Waals surface area contributed by atoms with Crippen LogP contribution in [0.4, 0.5) is 8.78 Å². The van der Waals surface area contributed by atoms with Gasteiger partial charge in [-0.25, -0.2) is 8.78 Å². The predicted molar refractivity (Wildman–Crippen MR) is 61.3 cm³/mol. The van der Waals surface area contributed by atoms with Crippen molar-refractivity contribution in [3.8, 4) is 0 Å². The molecular formula is C10H10Br2F2. The summed E-state index contributed by atoms with van der Waals surface area (Å²) in [5, 5.41) is 0.592.